The van der Waals surface area contributed by atoms with Gasteiger partial charge in [-0.3, -0.25) is 14.5 Å². The molecule has 4 amide bonds. The van der Waals surface area contributed by atoms with Crippen LogP contribution in [0.5, 0.6) is 0 Å². The smallest absolute Gasteiger partial charge is 0.324 e. The van der Waals surface area contributed by atoms with Gasteiger partial charge in [0.15, 0.2) is 0 Å². The summed E-state index contributed by atoms with van der Waals surface area (Å²) in [5.74, 6) is -0.524. The summed E-state index contributed by atoms with van der Waals surface area (Å²) >= 11 is 0. The molecule has 1 fully saturated rings. The molecule has 24 heavy (non-hydrogen) atoms. The number of benzene rings is 1. The summed E-state index contributed by atoms with van der Waals surface area (Å²) in [6.07, 6.45) is 1.51. The second-order valence-electron chi connectivity index (χ2n) is 5.80. The first kappa shape index (κ1) is 16.0. The van der Waals surface area contributed by atoms with Crippen molar-refractivity contribution in [3.8, 4) is 0 Å². The van der Waals surface area contributed by atoms with E-state index < -0.39 is 0 Å². The lowest BCUT2D eigenvalue weighted by atomic mass is 10.1. The van der Waals surface area contributed by atoms with E-state index in [1.165, 1.54) is 0 Å². The topological polar surface area (TPSA) is 94.1 Å². The number of hydrazone groups is 1. The minimum absolute atomic E-state index is 0.0228. The van der Waals surface area contributed by atoms with Gasteiger partial charge in [0.1, 0.15) is 5.71 Å². The van der Waals surface area contributed by atoms with Gasteiger partial charge in [-0.25, -0.2) is 10.2 Å². The standard InChI is InChI=1S/C16H19N5O3/c1-20-9-2-10-21(16(20)24)12-5-3-11(4-6-12)17-15(23)13-7-8-14(22)19-18-13/h3-6H,2,7-10H2,1H3,(H,17,23)(H,19,22). The maximum atomic E-state index is 12.2. The minimum atomic E-state index is -0.337. The van der Waals surface area contributed by atoms with Crippen molar-refractivity contribution in [2.75, 3.05) is 30.4 Å². The summed E-state index contributed by atoms with van der Waals surface area (Å²) in [5.41, 5.74) is 4.01. The number of amides is 4. The fourth-order valence-electron chi connectivity index (χ4n) is 2.67. The van der Waals surface area contributed by atoms with Crippen molar-refractivity contribution in [1.29, 1.82) is 0 Å². The monoisotopic (exact) mass is 329 g/mol. The molecule has 2 heterocycles. The van der Waals surface area contributed by atoms with Crippen molar-refractivity contribution in [1.82, 2.24) is 10.3 Å². The van der Waals surface area contributed by atoms with Gasteiger partial charge in [0.2, 0.25) is 5.91 Å². The molecule has 2 aliphatic heterocycles. The zero-order valence-corrected chi connectivity index (χ0v) is 13.4. The lowest BCUT2D eigenvalue weighted by Gasteiger charge is -2.33. The van der Waals surface area contributed by atoms with Gasteiger partial charge in [-0.05, 0) is 30.7 Å². The van der Waals surface area contributed by atoms with E-state index in [1.807, 2.05) is 0 Å². The van der Waals surface area contributed by atoms with Crippen LogP contribution < -0.4 is 15.6 Å². The van der Waals surface area contributed by atoms with E-state index in [2.05, 4.69) is 15.8 Å². The quantitative estimate of drug-likeness (QED) is 0.871. The Morgan fingerprint density at radius 3 is 2.58 bits per heavy atom. The Hall–Kier alpha value is -2.90. The Kier molecular flexibility index (Phi) is 4.45. The van der Waals surface area contributed by atoms with Gasteiger partial charge in [0, 0.05) is 44.4 Å². The van der Waals surface area contributed by atoms with Gasteiger partial charge in [0.25, 0.3) is 5.91 Å². The molecule has 0 bridgehead atoms. The number of nitrogens with zero attached hydrogens (tertiary/aromatic N) is 3. The summed E-state index contributed by atoms with van der Waals surface area (Å²) in [6, 6.07) is 7.08. The highest BCUT2D eigenvalue weighted by atomic mass is 16.2. The van der Waals surface area contributed by atoms with Crippen LogP contribution >= 0.6 is 0 Å². The van der Waals surface area contributed by atoms with Crippen LogP contribution in [0.15, 0.2) is 29.4 Å². The van der Waals surface area contributed by atoms with Crippen molar-refractivity contribution in [2.24, 2.45) is 5.10 Å². The number of anilines is 2. The first-order chi connectivity index (χ1) is 11.5. The molecule has 2 N–H and O–H groups in total. The van der Waals surface area contributed by atoms with Crippen LogP contribution in [0.2, 0.25) is 0 Å². The van der Waals surface area contributed by atoms with E-state index in [0.717, 1.165) is 18.7 Å². The van der Waals surface area contributed by atoms with Crippen LogP contribution in [0.25, 0.3) is 0 Å². The van der Waals surface area contributed by atoms with Crippen molar-refractivity contribution >= 4 is 34.9 Å². The highest BCUT2D eigenvalue weighted by molar-refractivity contribution is 6.43. The molecule has 0 aliphatic carbocycles. The van der Waals surface area contributed by atoms with Gasteiger partial charge >= 0.3 is 6.03 Å². The van der Waals surface area contributed by atoms with E-state index in [4.69, 9.17) is 0 Å². The molecule has 0 atom stereocenters. The molecule has 2 aliphatic rings. The van der Waals surface area contributed by atoms with Gasteiger partial charge < -0.3 is 10.2 Å². The van der Waals surface area contributed by atoms with Crippen LogP contribution in [0.4, 0.5) is 16.2 Å². The van der Waals surface area contributed by atoms with Crippen LogP contribution in [0.1, 0.15) is 19.3 Å². The molecule has 126 valence electrons. The first-order valence-electron chi connectivity index (χ1n) is 7.84. The number of urea groups is 1. The van der Waals surface area contributed by atoms with E-state index in [-0.39, 0.29) is 24.3 Å². The van der Waals surface area contributed by atoms with E-state index in [1.54, 1.807) is 41.1 Å². The number of rotatable bonds is 3. The summed E-state index contributed by atoms with van der Waals surface area (Å²) < 4.78 is 0. The summed E-state index contributed by atoms with van der Waals surface area (Å²) in [6.45, 7) is 1.45. The predicted molar refractivity (Wildman–Crippen MR) is 89.9 cm³/mol. The van der Waals surface area contributed by atoms with Crippen molar-refractivity contribution in [3.63, 3.8) is 0 Å². The average Bonchev–Trinajstić information content (AvgIpc) is 2.59. The van der Waals surface area contributed by atoms with Crippen LogP contribution in [0.3, 0.4) is 0 Å². The van der Waals surface area contributed by atoms with Crippen molar-refractivity contribution in [2.45, 2.75) is 19.3 Å². The Labute approximate surface area is 139 Å². The lowest BCUT2D eigenvalue weighted by Crippen LogP contribution is -2.47. The third-order valence-electron chi connectivity index (χ3n) is 4.04. The number of hydrogen-bond acceptors (Lipinski definition) is 4. The van der Waals surface area contributed by atoms with Crippen molar-refractivity contribution < 1.29 is 14.4 Å². The summed E-state index contributed by atoms with van der Waals surface area (Å²) in [5, 5.41) is 6.50. The van der Waals surface area contributed by atoms with Crippen LogP contribution in [-0.2, 0) is 9.59 Å². The molecule has 0 aromatic heterocycles. The molecular formula is C16H19N5O3. The molecule has 8 nitrogen and oxygen atoms in total. The Morgan fingerprint density at radius 2 is 1.92 bits per heavy atom. The van der Waals surface area contributed by atoms with Crippen LogP contribution in [0, 0.1) is 0 Å². The van der Waals surface area contributed by atoms with Crippen LogP contribution in [-0.4, -0.2) is 48.6 Å². The molecule has 8 heteroatoms. The lowest BCUT2D eigenvalue weighted by molar-refractivity contribution is -0.121. The fourth-order valence-corrected chi connectivity index (χ4v) is 2.67. The highest BCUT2D eigenvalue weighted by Gasteiger charge is 2.24. The van der Waals surface area contributed by atoms with E-state index in [0.29, 0.717) is 24.4 Å². The van der Waals surface area contributed by atoms with Gasteiger partial charge in [-0.15, -0.1) is 0 Å². The molecule has 0 unspecified atom stereocenters. The molecule has 1 aromatic carbocycles. The van der Waals surface area contributed by atoms with Gasteiger partial charge in [-0.1, -0.05) is 0 Å². The van der Waals surface area contributed by atoms with Crippen molar-refractivity contribution in [3.05, 3.63) is 24.3 Å². The highest BCUT2D eigenvalue weighted by Crippen LogP contribution is 2.21. The zero-order valence-electron chi connectivity index (χ0n) is 13.4. The molecule has 1 saturated heterocycles. The first-order valence-corrected chi connectivity index (χ1v) is 7.84. The summed E-state index contributed by atoms with van der Waals surface area (Å²) in [7, 11) is 1.78. The Morgan fingerprint density at radius 1 is 1.17 bits per heavy atom. The van der Waals surface area contributed by atoms with Gasteiger partial charge in [0.05, 0.1) is 0 Å². The number of carbonyl (C=O) groups excluding carboxylic acids is 3. The molecular weight excluding hydrogens is 310 g/mol. The predicted octanol–water partition coefficient (Wildman–Crippen LogP) is 1.15. The fraction of sp³-hybridized carbons (Fsp3) is 0.375. The SMILES string of the molecule is CN1CCCN(c2ccc(NC(=O)C3=NNC(=O)CC3)cc2)C1=O. The van der Waals surface area contributed by atoms with Gasteiger partial charge in [-0.2, -0.15) is 5.10 Å². The summed E-state index contributed by atoms with van der Waals surface area (Å²) in [4.78, 5) is 38.7. The maximum absolute atomic E-state index is 12.2. The second-order valence-corrected chi connectivity index (χ2v) is 5.80. The third kappa shape index (κ3) is 3.37. The number of hydrogen-bond donors (Lipinski definition) is 2. The molecule has 3 rings (SSSR count). The number of nitrogens with one attached hydrogen (secondary N) is 2. The average molecular weight is 329 g/mol. The zero-order chi connectivity index (χ0) is 17.1. The maximum Gasteiger partial charge on any atom is 0.324 e. The Bertz CT molecular complexity index is 698. The molecule has 0 spiro atoms. The second kappa shape index (κ2) is 6.69. The number of carbonyl (C=O) groups is 3. The third-order valence-corrected chi connectivity index (χ3v) is 4.04. The normalized spacial score (nSPS) is 18.1. The largest absolute Gasteiger partial charge is 0.327 e. The molecule has 0 radical (unpaired) electrons. The van der Waals surface area contributed by atoms with E-state index in [9.17, 15) is 14.4 Å². The molecule has 0 saturated carbocycles. The minimum Gasteiger partial charge on any atom is -0.327 e. The Balaban J connectivity index is 1.65. The molecule has 1 aromatic rings. The van der Waals surface area contributed by atoms with E-state index >= 15 is 0 Å².